The number of aromatic amines is 1. The summed E-state index contributed by atoms with van der Waals surface area (Å²) in [6.07, 6.45) is 4.18. The van der Waals surface area contributed by atoms with E-state index >= 15 is 0 Å². The number of nitrogens with zero attached hydrogens (tertiary/aromatic N) is 4. The van der Waals surface area contributed by atoms with Crippen LogP contribution in [0.1, 0.15) is 31.2 Å². The second-order valence-corrected chi connectivity index (χ2v) is 7.08. The molecule has 1 aliphatic carbocycles. The lowest BCUT2D eigenvalue weighted by Gasteiger charge is -2.29. The lowest BCUT2D eigenvalue weighted by molar-refractivity contribution is 0.349. The lowest BCUT2D eigenvalue weighted by atomic mass is 9.91. The predicted octanol–water partition coefficient (Wildman–Crippen LogP) is 1.46. The summed E-state index contributed by atoms with van der Waals surface area (Å²) >= 11 is 0. The largest absolute Gasteiger partial charge is 0.504 e. The number of H-pyrrole nitrogens is 1. The Morgan fingerprint density at radius 1 is 1.21 bits per heavy atom. The van der Waals surface area contributed by atoms with Crippen molar-refractivity contribution in [1.82, 2.24) is 25.4 Å². The molecule has 7 N–H and O–H groups in total. The molecule has 0 bridgehead atoms. The number of hydrogen-bond donors (Lipinski definition) is 6. The van der Waals surface area contributed by atoms with Gasteiger partial charge in [-0.3, -0.25) is 0 Å². The molecule has 2 unspecified atom stereocenters. The van der Waals surface area contributed by atoms with E-state index in [1.165, 1.54) is 7.11 Å². The van der Waals surface area contributed by atoms with E-state index in [0.29, 0.717) is 28.5 Å². The van der Waals surface area contributed by atoms with Gasteiger partial charge in [-0.1, -0.05) is 18.1 Å². The van der Waals surface area contributed by atoms with Crippen LogP contribution < -0.4 is 21.1 Å². The van der Waals surface area contributed by atoms with E-state index in [4.69, 9.17) is 10.5 Å². The Morgan fingerprint density at radius 2 is 2.03 bits per heavy atom. The SMILES string of the molecule is COc1ccc(CNc2nc(NC3CCCCC3N)nc3[nH]nnc23)c(O)c1O. The summed E-state index contributed by atoms with van der Waals surface area (Å²) in [5, 5.41) is 37.2. The maximum atomic E-state index is 10.2. The highest BCUT2D eigenvalue weighted by molar-refractivity contribution is 5.83. The Balaban J connectivity index is 1.57. The first-order chi connectivity index (χ1) is 14.1. The van der Waals surface area contributed by atoms with Crippen molar-refractivity contribution >= 4 is 22.9 Å². The monoisotopic (exact) mass is 400 g/mol. The van der Waals surface area contributed by atoms with Crippen molar-refractivity contribution in [2.45, 2.75) is 44.3 Å². The third-order valence-electron chi connectivity index (χ3n) is 5.19. The number of hydrogen-bond acceptors (Lipinski definition) is 10. The van der Waals surface area contributed by atoms with Crippen molar-refractivity contribution in [2.24, 2.45) is 5.73 Å². The molecule has 2 atom stereocenters. The van der Waals surface area contributed by atoms with Gasteiger partial charge in [0, 0.05) is 24.2 Å². The summed E-state index contributed by atoms with van der Waals surface area (Å²) in [6.45, 7) is 0.199. The van der Waals surface area contributed by atoms with Gasteiger partial charge in [-0.05, 0) is 25.0 Å². The Kier molecular flexibility index (Phi) is 5.21. The molecular formula is C18H24N8O3. The molecule has 0 amide bonds. The van der Waals surface area contributed by atoms with E-state index in [1.54, 1.807) is 12.1 Å². The number of phenolic OH excluding ortho intramolecular Hbond substituents is 2. The Labute approximate surface area is 166 Å². The topological polar surface area (TPSA) is 167 Å². The molecule has 1 aromatic carbocycles. The first-order valence-corrected chi connectivity index (χ1v) is 9.49. The number of phenols is 2. The van der Waals surface area contributed by atoms with E-state index in [1.807, 2.05) is 0 Å². The van der Waals surface area contributed by atoms with Gasteiger partial charge < -0.3 is 31.3 Å². The fourth-order valence-electron chi connectivity index (χ4n) is 3.53. The smallest absolute Gasteiger partial charge is 0.227 e. The van der Waals surface area contributed by atoms with Crippen molar-refractivity contribution < 1.29 is 14.9 Å². The second kappa shape index (κ2) is 7.95. The Morgan fingerprint density at radius 3 is 2.83 bits per heavy atom. The van der Waals surface area contributed by atoms with Crippen LogP contribution in [0.4, 0.5) is 11.8 Å². The normalized spacial score (nSPS) is 19.2. The first kappa shape index (κ1) is 19.0. The molecule has 154 valence electrons. The Hall–Kier alpha value is -3.34. The molecule has 0 saturated heterocycles. The number of methoxy groups -OCH3 is 1. The zero-order valence-corrected chi connectivity index (χ0v) is 16.0. The van der Waals surface area contributed by atoms with Gasteiger partial charge in [0.25, 0.3) is 0 Å². The van der Waals surface area contributed by atoms with Gasteiger partial charge in [0.2, 0.25) is 11.7 Å². The molecule has 2 aromatic heterocycles. The standard InChI is InChI=1S/C18H24N8O3/c1-29-12-7-6-9(14(27)15(12)28)8-20-16-13-17(25-26-24-13)23-18(22-16)21-11-5-3-2-4-10(11)19/h6-7,10-11,27-28H,2-5,8,19H2,1H3,(H3,20,21,22,23,24,25,26). The van der Waals surface area contributed by atoms with E-state index in [0.717, 1.165) is 25.7 Å². The molecular weight excluding hydrogens is 376 g/mol. The minimum Gasteiger partial charge on any atom is -0.504 e. The zero-order valence-electron chi connectivity index (χ0n) is 16.0. The molecule has 11 heteroatoms. The molecule has 0 aliphatic heterocycles. The second-order valence-electron chi connectivity index (χ2n) is 7.08. The van der Waals surface area contributed by atoms with Crippen molar-refractivity contribution in [3.8, 4) is 17.2 Å². The van der Waals surface area contributed by atoms with Crippen LogP contribution in [0.25, 0.3) is 11.2 Å². The predicted molar refractivity (Wildman–Crippen MR) is 107 cm³/mol. The maximum absolute atomic E-state index is 10.2. The molecule has 1 fully saturated rings. The molecule has 2 heterocycles. The third kappa shape index (κ3) is 3.81. The van der Waals surface area contributed by atoms with Gasteiger partial charge >= 0.3 is 0 Å². The van der Waals surface area contributed by atoms with Gasteiger partial charge in [-0.25, -0.2) is 5.10 Å². The number of ether oxygens (including phenoxy) is 1. The average Bonchev–Trinajstić information content (AvgIpc) is 3.19. The highest BCUT2D eigenvalue weighted by Crippen LogP contribution is 2.38. The van der Waals surface area contributed by atoms with Crippen LogP contribution in [-0.2, 0) is 6.54 Å². The zero-order chi connectivity index (χ0) is 20.4. The molecule has 11 nitrogen and oxygen atoms in total. The number of nitrogens with one attached hydrogen (secondary N) is 3. The number of aromatic hydroxyl groups is 2. The number of aromatic nitrogens is 5. The minimum atomic E-state index is -0.310. The van der Waals surface area contributed by atoms with E-state index in [-0.39, 0.29) is 35.9 Å². The minimum absolute atomic E-state index is 0.0542. The van der Waals surface area contributed by atoms with Gasteiger partial charge in [0.05, 0.1) is 7.11 Å². The molecule has 1 saturated carbocycles. The van der Waals surface area contributed by atoms with E-state index in [9.17, 15) is 10.2 Å². The van der Waals surface area contributed by atoms with Gasteiger partial charge in [-0.2, -0.15) is 9.97 Å². The number of anilines is 2. The van der Waals surface area contributed by atoms with Crippen LogP contribution in [0.3, 0.4) is 0 Å². The highest BCUT2D eigenvalue weighted by Gasteiger charge is 2.23. The van der Waals surface area contributed by atoms with Crippen molar-refractivity contribution in [3.05, 3.63) is 17.7 Å². The maximum Gasteiger partial charge on any atom is 0.227 e. The molecule has 29 heavy (non-hydrogen) atoms. The van der Waals surface area contributed by atoms with Crippen LogP contribution in [0, 0.1) is 0 Å². The molecule has 0 radical (unpaired) electrons. The fourth-order valence-corrected chi connectivity index (χ4v) is 3.53. The highest BCUT2D eigenvalue weighted by atomic mass is 16.5. The number of benzene rings is 1. The molecule has 4 rings (SSSR count). The summed E-state index contributed by atoms with van der Waals surface area (Å²) in [4.78, 5) is 8.95. The average molecular weight is 400 g/mol. The fraction of sp³-hybridized carbons (Fsp3) is 0.444. The van der Waals surface area contributed by atoms with E-state index < -0.39 is 0 Å². The van der Waals surface area contributed by atoms with Gasteiger partial charge in [0.15, 0.2) is 28.5 Å². The van der Waals surface area contributed by atoms with E-state index in [2.05, 4.69) is 36.0 Å². The summed E-state index contributed by atoms with van der Waals surface area (Å²) in [5.74, 6) is 0.506. The number of fused-ring (bicyclic) bond motifs is 1. The first-order valence-electron chi connectivity index (χ1n) is 9.49. The molecule has 0 spiro atoms. The van der Waals surface area contributed by atoms with Crippen LogP contribution in [-0.4, -0.2) is 54.8 Å². The van der Waals surface area contributed by atoms with Crippen LogP contribution >= 0.6 is 0 Å². The summed E-state index contributed by atoms with van der Waals surface area (Å²) in [5.41, 5.74) is 7.65. The van der Waals surface area contributed by atoms with Crippen LogP contribution in [0.5, 0.6) is 17.2 Å². The van der Waals surface area contributed by atoms with Crippen molar-refractivity contribution in [3.63, 3.8) is 0 Å². The van der Waals surface area contributed by atoms with Crippen LogP contribution in [0.2, 0.25) is 0 Å². The van der Waals surface area contributed by atoms with Crippen molar-refractivity contribution in [1.29, 1.82) is 0 Å². The Bertz CT molecular complexity index is 1010. The third-order valence-corrected chi connectivity index (χ3v) is 5.19. The van der Waals surface area contributed by atoms with Gasteiger partial charge in [0.1, 0.15) is 0 Å². The lowest BCUT2D eigenvalue weighted by Crippen LogP contribution is -2.43. The van der Waals surface area contributed by atoms with Crippen LogP contribution in [0.15, 0.2) is 12.1 Å². The summed E-state index contributed by atoms with van der Waals surface area (Å²) in [7, 11) is 1.42. The van der Waals surface area contributed by atoms with Gasteiger partial charge in [-0.15, -0.1) is 5.10 Å². The number of nitrogens with two attached hydrogens (primary N) is 1. The quantitative estimate of drug-likeness (QED) is 0.333. The summed E-state index contributed by atoms with van der Waals surface area (Å²) in [6, 6.07) is 3.39. The molecule has 1 aliphatic rings. The van der Waals surface area contributed by atoms with Crippen molar-refractivity contribution in [2.75, 3.05) is 17.7 Å². The summed E-state index contributed by atoms with van der Waals surface area (Å²) < 4.78 is 5.00. The molecule has 3 aromatic rings. The number of rotatable bonds is 6.